The zero-order valence-corrected chi connectivity index (χ0v) is 18.7. The number of pyridine rings is 2. The maximum Gasteiger partial charge on any atom is 0.343 e. The summed E-state index contributed by atoms with van der Waals surface area (Å²) in [6.07, 6.45) is 2.67. The molecule has 2 aromatic heterocycles. The highest BCUT2D eigenvalue weighted by Gasteiger charge is 2.21. The Bertz CT molecular complexity index is 1380. The first-order valence-electron chi connectivity index (χ1n) is 11.3. The summed E-state index contributed by atoms with van der Waals surface area (Å²) in [6.45, 7) is 4.38. The van der Waals surface area contributed by atoms with Gasteiger partial charge in [0, 0.05) is 25.8 Å². The highest BCUT2D eigenvalue weighted by Crippen LogP contribution is 2.27. The van der Waals surface area contributed by atoms with E-state index in [9.17, 15) is 9.59 Å². The minimum absolute atomic E-state index is 0.0838. The van der Waals surface area contributed by atoms with E-state index in [0.717, 1.165) is 30.6 Å². The lowest BCUT2D eigenvalue weighted by Gasteiger charge is -2.29. The average Bonchev–Trinajstić information content (AvgIpc) is 2.86. The topological polar surface area (TPSA) is 51.0 Å². The van der Waals surface area contributed by atoms with Crippen molar-refractivity contribution >= 4 is 11.5 Å². The molecule has 0 radical (unpaired) electrons. The second-order valence-electron chi connectivity index (χ2n) is 8.37. The smallest absolute Gasteiger partial charge is 0.343 e. The Morgan fingerprint density at radius 2 is 1.76 bits per heavy atom. The van der Waals surface area contributed by atoms with Crippen LogP contribution in [0.4, 0.5) is 0 Å². The molecule has 0 amide bonds. The van der Waals surface area contributed by atoms with Crippen molar-refractivity contribution in [1.82, 2.24) is 9.30 Å². The number of aromatic nitrogens is 1. The van der Waals surface area contributed by atoms with Crippen molar-refractivity contribution in [3.63, 3.8) is 0 Å². The summed E-state index contributed by atoms with van der Waals surface area (Å²) in [6, 6.07) is 24.5. The minimum atomic E-state index is -0.570. The Hall–Kier alpha value is -3.70. The van der Waals surface area contributed by atoms with Crippen molar-refractivity contribution in [2.75, 3.05) is 13.2 Å². The maximum absolute atomic E-state index is 12.9. The number of hydrogen-bond donors (Lipinski definition) is 0. The Morgan fingerprint density at radius 1 is 0.939 bits per heavy atom. The predicted octanol–water partition coefficient (Wildman–Crippen LogP) is 4.70. The Labute approximate surface area is 192 Å². The quantitative estimate of drug-likeness (QED) is 0.424. The first kappa shape index (κ1) is 21.2. The van der Waals surface area contributed by atoms with E-state index in [1.165, 1.54) is 22.3 Å². The molecule has 2 aromatic carbocycles. The van der Waals surface area contributed by atoms with Crippen LogP contribution in [0, 0.1) is 0 Å². The number of rotatable bonds is 5. The Kier molecular flexibility index (Phi) is 5.80. The number of esters is 1. The summed E-state index contributed by atoms with van der Waals surface area (Å²) in [4.78, 5) is 27.6. The second-order valence-corrected chi connectivity index (χ2v) is 8.37. The van der Waals surface area contributed by atoms with E-state index in [1.807, 2.05) is 18.2 Å². The summed E-state index contributed by atoms with van der Waals surface area (Å²) in [7, 11) is 0. The number of carbonyl (C=O) groups excluding carboxylic acids is 1. The Morgan fingerprint density at radius 3 is 2.58 bits per heavy atom. The molecule has 5 nitrogen and oxygen atoms in total. The van der Waals surface area contributed by atoms with Crippen molar-refractivity contribution in [1.29, 1.82) is 0 Å². The lowest BCUT2D eigenvalue weighted by molar-refractivity contribution is 0.0524. The summed E-state index contributed by atoms with van der Waals surface area (Å²) in [5.74, 6) is -0.570. The third-order valence-corrected chi connectivity index (χ3v) is 6.25. The summed E-state index contributed by atoms with van der Waals surface area (Å²) in [5, 5.41) is 0. The molecule has 0 saturated carbocycles. The Balaban J connectivity index is 1.44. The molecule has 0 unspecified atom stereocenters. The number of ether oxygens (including phenoxy) is 1. The van der Waals surface area contributed by atoms with Crippen LogP contribution in [-0.4, -0.2) is 28.4 Å². The van der Waals surface area contributed by atoms with Crippen molar-refractivity contribution in [3.05, 3.63) is 112 Å². The van der Waals surface area contributed by atoms with E-state index in [1.54, 1.807) is 29.7 Å². The van der Waals surface area contributed by atoms with E-state index in [4.69, 9.17) is 4.74 Å². The van der Waals surface area contributed by atoms with E-state index in [0.29, 0.717) is 6.54 Å². The van der Waals surface area contributed by atoms with E-state index in [-0.39, 0.29) is 17.7 Å². The van der Waals surface area contributed by atoms with Gasteiger partial charge in [-0.3, -0.25) is 14.1 Å². The molecule has 3 heterocycles. The fourth-order valence-corrected chi connectivity index (χ4v) is 4.60. The first-order valence-corrected chi connectivity index (χ1v) is 11.3. The van der Waals surface area contributed by atoms with Crippen molar-refractivity contribution in [2.45, 2.75) is 26.4 Å². The summed E-state index contributed by atoms with van der Waals surface area (Å²) >= 11 is 0. The zero-order chi connectivity index (χ0) is 22.8. The van der Waals surface area contributed by atoms with E-state index in [2.05, 4.69) is 47.4 Å². The van der Waals surface area contributed by atoms with Crippen molar-refractivity contribution in [3.8, 4) is 11.1 Å². The highest BCUT2D eigenvalue weighted by atomic mass is 16.5. The largest absolute Gasteiger partial charge is 0.462 e. The van der Waals surface area contributed by atoms with Crippen LogP contribution < -0.4 is 5.56 Å². The molecule has 1 aliphatic rings. The van der Waals surface area contributed by atoms with Crippen LogP contribution >= 0.6 is 0 Å². The predicted molar refractivity (Wildman–Crippen MR) is 129 cm³/mol. The van der Waals surface area contributed by atoms with Gasteiger partial charge in [0.15, 0.2) is 0 Å². The van der Waals surface area contributed by atoms with Crippen LogP contribution in [0.3, 0.4) is 0 Å². The van der Waals surface area contributed by atoms with Crippen LogP contribution in [0.15, 0.2) is 83.8 Å². The van der Waals surface area contributed by atoms with Gasteiger partial charge < -0.3 is 4.74 Å². The van der Waals surface area contributed by atoms with Gasteiger partial charge in [0.1, 0.15) is 5.56 Å². The molecule has 0 fully saturated rings. The van der Waals surface area contributed by atoms with Crippen LogP contribution in [0.1, 0.15) is 34.0 Å². The third-order valence-electron chi connectivity index (χ3n) is 6.25. The monoisotopic (exact) mass is 438 g/mol. The normalized spacial score (nSPS) is 13.6. The standard InChI is InChI=1S/C28H26N2O3/c1-2-33-28(32)25-17-24(26-10-6-7-14-30(26)27(25)31)19-29-15-13-22-16-21(11-12-23(22)18-29)20-8-4-3-5-9-20/h3-12,14,16-17H,2,13,15,18-19H2,1H3. The second kappa shape index (κ2) is 9.04. The van der Waals surface area contributed by atoms with Crippen molar-refractivity contribution in [2.24, 2.45) is 0 Å². The fraction of sp³-hybridized carbons (Fsp3) is 0.214. The molecule has 166 valence electrons. The van der Waals surface area contributed by atoms with Gasteiger partial charge >= 0.3 is 5.97 Å². The zero-order valence-electron chi connectivity index (χ0n) is 18.7. The lowest BCUT2D eigenvalue weighted by atomic mass is 9.94. The van der Waals surface area contributed by atoms with Gasteiger partial charge in [-0.2, -0.15) is 0 Å². The molecule has 5 heteroatoms. The maximum atomic E-state index is 12.9. The lowest BCUT2D eigenvalue weighted by Crippen LogP contribution is -2.31. The number of fused-ring (bicyclic) bond motifs is 2. The van der Waals surface area contributed by atoms with Gasteiger partial charge in [0.2, 0.25) is 0 Å². The van der Waals surface area contributed by atoms with Gasteiger partial charge in [0.25, 0.3) is 5.56 Å². The van der Waals surface area contributed by atoms with Crippen molar-refractivity contribution < 1.29 is 9.53 Å². The van der Waals surface area contributed by atoms with Crippen LogP contribution in [0.2, 0.25) is 0 Å². The molecule has 0 aliphatic carbocycles. The van der Waals surface area contributed by atoms with Crippen LogP contribution in [0.25, 0.3) is 16.6 Å². The van der Waals surface area contributed by atoms with E-state index < -0.39 is 5.97 Å². The molecule has 5 rings (SSSR count). The third kappa shape index (κ3) is 4.20. The van der Waals surface area contributed by atoms with Gasteiger partial charge in [-0.15, -0.1) is 0 Å². The van der Waals surface area contributed by atoms with E-state index >= 15 is 0 Å². The molecule has 33 heavy (non-hydrogen) atoms. The SMILES string of the molecule is CCOC(=O)c1cc(CN2CCc3cc(-c4ccccc4)ccc3C2)c2ccccn2c1=O. The molecule has 0 bridgehead atoms. The molecule has 0 spiro atoms. The molecule has 0 N–H and O–H groups in total. The number of nitrogens with zero attached hydrogens (tertiary/aromatic N) is 2. The highest BCUT2D eigenvalue weighted by molar-refractivity contribution is 5.90. The number of benzene rings is 2. The molecular formula is C28H26N2O3. The molecule has 0 atom stereocenters. The van der Waals surface area contributed by atoms with Crippen LogP contribution in [0.5, 0.6) is 0 Å². The molecule has 0 saturated heterocycles. The van der Waals surface area contributed by atoms with Gasteiger partial charge in [-0.25, -0.2) is 4.79 Å². The van der Waals surface area contributed by atoms with Gasteiger partial charge in [-0.1, -0.05) is 54.6 Å². The summed E-state index contributed by atoms with van der Waals surface area (Å²) in [5.41, 5.74) is 6.69. The fourth-order valence-electron chi connectivity index (χ4n) is 4.60. The van der Waals surface area contributed by atoms with Gasteiger partial charge in [-0.05, 0) is 59.4 Å². The van der Waals surface area contributed by atoms with Gasteiger partial charge in [0.05, 0.1) is 12.1 Å². The molecule has 4 aromatic rings. The summed E-state index contributed by atoms with van der Waals surface area (Å²) < 4.78 is 6.68. The first-order chi connectivity index (χ1) is 16.1. The molecular weight excluding hydrogens is 412 g/mol. The minimum Gasteiger partial charge on any atom is -0.462 e. The molecule has 1 aliphatic heterocycles. The van der Waals surface area contributed by atoms with Crippen LogP contribution in [-0.2, 0) is 24.2 Å². The number of carbonyl (C=O) groups is 1. The number of hydrogen-bond acceptors (Lipinski definition) is 4. The average molecular weight is 439 g/mol.